The Morgan fingerprint density at radius 2 is 1.59 bits per heavy atom. The van der Waals surface area contributed by atoms with Crippen molar-refractivity contribution < 1.29 is 19.1 Å². The normalized spacial score (nSPS) is 16.4. The van der Waals surface area contributed by atoms with E-state index < -0.39 is 6.09 Å². The van der Waals surface area contributed by atoms with Crippen molar-refractivity contribution in [1.29, 1.82) is 0 Å². The van der Waals surface area contributed by atoms with Gasteiger partial charge in [-0.05, 0) is 36.1 Å². The number of benzene rings is 2. The molecule has 10 heteroatoms. The first kappa shape index (κ1) is 31.3. The van der Waals surface area contributed by atoms with E-state index >= 15 is 0 Å². The number of piperidine rings is 1. The highest BCUT2D eigenvalue weighted by atomic mass is 16.6. The van der Waals surface area contributed by atoms with Crippen molar-refractivity contribution in [2.24, 2.45) is 0 Å². The number of aromatic nitrogens is 1. The molecule has 2 aliphatic heterocycles. The molecule has 1 aromatic heterocycles. The first-order valence-corrected chi connectivity index (χ1v) is 15.5. The Kier molecular flexibility index (Phi) is 11.1. The highest BCUT2D eigenvalue weighted by Gasteiger charge is 2.23. The van der Waals surface area contributed by atoms with Gasteiger partial charge in [-0.15, -0.1) is 0 Å². The van der Waals surface area contributed by atoms with Crippen LogP contribution in [-0.4, -0.2) is 102 Å². The molecule has 10 nitrogen and oxygen atoms in total. The van der Waals surface area contributed by atoms with Crippen molar-refractivity contribution in [3.63, 3.8) is 0 Å². The number of ketones is 1. The summed E-state index contributed by atoms with van der Waals surface area (Å²) in [6.45, 7) is 8.98. The van der Waals surface area contributed by atoms with Gasteiger partial charge in [-0.25, -0.2) is 4.79 Å². The van der Waals surface area contributed by atoms with Gasteiger partial charge in [-0.1, -0.05) is 54.6 Å². The number of likely N-dealkylation sites (tertiary alicyclic amines) is 1. The lowest BCUT2D eigenvalue weighted by Gasteiger charge is -2.34. The van der Waals surface area contributed by atoms with Crippen molar-refractivity contribution in [2.75, 3.05) is 64.2 Å². The summed E-state index contributed by atoms with van der Waals surface area (Å²) in [6.07, 6.45) is 2.77. The van der Waals surface area contributed by atoms with E-state index in [1.54, 1.807) is 19.2 Å². The number of rotatable bonds is 11. The van der Waals surface area contributed by atoms with E-state index in [2.05, 4.69) is 25.4 Å². The number of anilines is 1. The summed E-state index contributed by atoms with van der Waals surface area (Å²) in [5.41, 5.74) is 4.25. The Bertz CT molecular complexity index is 1380. The number of ether oxygens (including phenoxy) is 1. The molecule has 0 saturated carbocycles. The predicted molar refractivity (Wildman–Crippen MR) is 170 cm³/mol. The van der Waals surface area contributed by atoms with Crippen LogP contribution in [0.1, 0.15) is 35.8 Å². The van der Waals surface area contributed by atoms with Gasteiger partial charge in [0.25, 0.3) is 0 Å². The number of pyridine rings is 1. The average molecular weight is 599 g/mol. The highest BCUT2D eigenvalue weighted by Crippen LogP contribution is 2.28. The third-order valence-corrected chi connectivity index (χ3v) is 8.28. The Morgan fingerprint density at radius 3 is 2.30 bits per heavy atom. The molecule has 0 bridgehead atoms. The average Bonchev–Trinajstić information content (AvgIpc) is 3.05. The van der Waals surface area contributed by atoms with Crippen LogP contribution < -0.4 is 10.6 Å². The molecule has 0 atom stereocenters. The lowest BCUT2D eigenvalue weighted by Crippen LogP contribution is -2.47. The molecule has 2 N–H and O–H groups in total. The topological polar surface area (TPSA) is 107 Å². The lowest BCUT2D eigenvalue weighted by molar-refractivity contribution is -0.130. The van der Waals surface area contributed by atoms with E-state index in [-0.39, 0.29) is 24.3 Å². The van der Waals surface area contributed by atoms with Crippen LogP contribution in [0, 0.1) is 0 Å². The third kappa shape index (κ3) is 8.95. The molecule has 232 valence electrons. The van der Waals surface area contributed by atoms with Gasteiger partial charge in [0.1, 0.15) is 11.8 Å². The first-order chi connectivity index (χ1) is 21.4. The van der Waals surface area contributed by atoms with Crippen LogP contribution in [-0.2, 0) is 16.1 Å². The number of carbonyl (C=O) groups excluding carboxylic acids is 3. The van der Waals surface area contributed by atoms with Crippen molar-refractivity contribution in [3.05, 3.63) is 84.2 Å². The molecule has 2 saturated heterocycles. The summed E-state index contributed by atoms with van der Waals surface area (Å²) in [4.78, 5) is 47.7. The summed E-state index contributed by atoms with van der Waals surface area (Å²) >= 11 is 0. The van der Waals surface area contributed by atoms with E-state index in [1.165, 1.54) is 0 Å². The number of amides is 2. The molecule has 0 unspecified atom stereocenters. The van der Waals surface area contributed by atoms with Crippen LogP contribution in [0.5, 0.6) is 0 Å². The fraction of sp³-hybridized carbons (Fsp3) is 0.412. The number of nitrogens with zero attached hydrogens (tertiary/aromatic N) is 4. The van der Waals surface area contributed by atoms with E-state index in [0.29, 0.717) is 12.2 Å². The van der Waals surface area contributed by atoms with Crippen LogP contribution in [0.25, 0.3) is 11.1 Å². The first-order valence-electron chi connectivity index (χ1n) is 15.5. The second-order valence-electron chi connectivity index (χ2n) is 11.4. The van der Waals surface area contributed by atoms with Crippen LogP contribution >= 0.6 is 0 Å². The smallest absolute Gasteiger partial charge is 0.411 e. The molecular weight excluding hydrogens is 556 g/mol. The van der Waals surface area contributed by atoms with Crippen molar-refractivity contribution >= 4 is 23.5 Å². The van der Waals surface area contributed by atoms with Crippen molar-refractivity contribution in [3.8, 4) is 11.1 Å². The van der Waals surface area contributed by atoms with Crippen molar-refractivity contribution in [1.82, 2.24) is 25.0 Å². The number of nitrogens with one attached hydrogen (secondary N) is 2. The maximum absolute atomic E-state index is 12.7. The van der Waals surface area contributed by atoms with Crippen molar-refractivity contribution in [2.45, 2.75) is 32.4 Å². The van der Waals surface area contributed by atoms with Crippen LogP contribution in [0.3, 0.4) is 0 Å². The maximum Gasteiger partial charge on any atom is 0.411 e. The fourth-order valence-corrected chi connectivity index (χ4v) is 5.69. The van der Waals surface area contributed by atoms with Gasteiger partial charge in [0.05, 0.1) is 12.2 Å². The Labute approximate surface area is 259 Å². The molecular formula is C34H42N6O4. The number of piperazine rings is 1. The van der Waals surface area contributed by atoms with Crippen LogP contribution in [0.4, 0.5) is 10.5 Å². The zero-order chi connectivity index (χ0) is 30.7. The van der Waals surface area contributed by atoms with Gasteiger partial charge < -0.3 is 19.9 Å². The lowest BCUT2D eigenvalue weighted by atomic mass is 10.0. The van der Waals surface area contributed by atoms with Gasteiger partial charge in [0, 0.05) is 77.6 Å². The molecule has 2 aliphatic rings. The summed E-state index contributed by atoms with van der Waals surface area (Å²) in [6, 6.07) is 21.5. The summed E-state index contributed by atoms with van der Waals surface area (Å²) in [7, 11) is 0. The molecule has 0 radical (unpaired) electrons. The molecule has 0 spiro atoms. The minimum absolute atomic E-state index is 0.0291. The number of Topliss-reactive ketones (excluding diaryl/α,β-unsaturated/α-hetero) is 1. The van der Waals surface area contributed by atoms with Crippen LogP contribution in [0.2, 0.25) is 0 Å². The summed E-state index contributed by atoms with van der Waals surface area (Å²) in [5, 5.41) is 6.17. The second-order valence-corrected chi connectivity index (χ2v) is 11.4. The molecule has 5 rings (SSSR count). The van der Waals surface area contributed by atoms with Crippen LogP contribution in [0.15, 0.2) is 72.9 Å². The van der Waals surface area contributed by atoms with Gasteiger partial charge >= 0.3 is 6.09 Å². The molecule has 3 heterocycles. The number of hydrogen-bond acceptors (Lipinski definition) is 8. The predicted octanol–water partition coefficient (Wildman–Crippen LogP) is 3.90. The zero-order valence-corrected chi connectivity index (χ0v) is 25.4. The maximum atomic E-state index is 12.7. The molecule has 2 fully saturated rings. The number of para-hydroxylation sites is 1. The largest absolute Gasteiger partial charge is 0.446 e. The molecule has 2 aromatic carbocycles. The second kappa shape index (κ2) is 15.6. The SMILES string of the molecule is CC(=O)N1CCN(Cc2ccc(C(=O)CNCCN3CCC(OC(=O)Nc4ccccc4-c4ccccc4)CC3)nc2)CC1. The zero-order valence-electron chi connectivity index (χ0n) is 25.4. The van der Waals surface area contributed by atoms with Gasteiger partial charge in [0.15, 0.2) is 5.78 Å². The quantitative estimate of drug-likeness (QED) is 0.253. The summed E-state index contributed by atoms with van der Waals surface area (Å²) in [5.74, 6) is 0.0965. The van der Waals surface area contributed by atoms with Gasteiger partial charge in [-0.2, -0.15) is 0 Å². The minimum Gasteiger partial charge on any atom is -0.446 e. The third-order valence-electron chi connectivity index (χ3n) is 8.28. The Hall–Kier alpha value is -4.12. The standard InChI is InChI=1S/C34H42N6O4/c1-26(41)40-21-19-39(20-22-40)25-27-11-12-32(36-23-27)33(42)24-35-15-18-38-16-13-29(14-17-38)44-34(43)37-31-10-6-5-9-30(31)28-7-3-2-4-8-28/h2-12,23,29,35H,13-22,24-25H2,1H3,(H,37,43). The Balaban J connectivity index is 0.961. The minimum atomic E-state index is -0.429. The monoisotopic (exact) mass is 598 g/mol. The summed E-state index contributed by atoms with van der Waals surface area (Å²) < 4.78 is 5.74. The molecule has 3 aromatic rings. The van der Waals surface area contributed by atoms with E-state index in [1.807, 2.05) is 65.6 Å². The number of carbonyl (C=O) groups is 3. The molecule has 2 amide bonds. The number of hydrogen-bond donors (Lipinski definition) is 2. The van der Waals surface area contributed by atoms with E-state index in [9.17, 15) is 14.4 Å². The Morgan fingerprint density at radius 1 is 0.864 bits per heavy atom. The molecule has 0 aliphatic carbocycles. The van der Waals surface area contributed by atoms with E-state index in [0.717, 1.165) is 87.6 Å². The fourth-order valence-electron chi connectivity index (χ4n) is 5.69. The van der Waals surface area contributed by atoms with Gasteiger partial charge in [-0.3, -0.25) is 24.8 Å². The highest BCUT2D eigenvalue weighted by molar-refractivity contribution is 5.95. The van der Waals surface area contributed by atoms with Gasteiger partial charge in [0.2, 0.25) is 5.91 Å². The molecule has 44 heavy (non-hydrogen) atoms. The van der Waals surface area contributed by atoms with E-state index in [4.69, 9.17) is 4.74 Å².